The van der Waals surface area contributed by atoms with Crippen LogP contribution in [0.5, 0.6) is 11.5 Å². The van der Waals surface area contributed by atoms with Crippen LogP contribution in [0, 0.1) is 11.6 Å². The third kappa shape index (κ3) is 4.20. The van der Waals surface area contributed by atoms with Crippen LogP contribution in [0.2, 0.25) is 5.15 Å². The van der Waals surface area contributed by atoms with E-state index in [1.54, 1.807) is 18.5 Å². The van der Waals surface area contributed by atoms with Gasteiger partial charge in [-0.05, 0) is 36.8 Å². The molecule has 9 heteroatoms. The third-order valence-electron chi connectivity index (χ3n) is 4.30. The van der Waals surface area contributed by atoms with Crippen molar-refractivity contribution >= 4 is 40.3 Å². The number of H-pyrrole nitrogens is 1. The van der Waals surface area contributed by atoms with E-state index in [0.29, 0.717) is 16.2 Å². The Bertz CT molecular complexity index is 1180. The van der Waals surface area contributed by atoms with Crippen LogP contribution in [-0.4, -0.2) is 20.7 Å². The molecule has 3 aromatic heterocycles. The summed E-state index contributed by atoms with van der Waals surface area (Å²) in [6.07, 6.45) is 5.75. The Morgan fingerprint density at radius 1 is 1.13 bits per heavy atom. The Balaban J connectivity index is 1.68. The molecule has 2 N–H and O–H groups in total. The van der Waals surface area contributed by atoms with Gasteiger partial charge in [0.1, 0.15) is 10.8 Å². The van der Waals surface area contributed by atoms with Crippen molar-refractivity contribution in [1.82, 2.24) is 15.0 Å². The largest absolute Gasteiger partial charge is 0.449 e. The highest BCUT2D eigenvalue weighted by Crippen LogP contribution is 2.36. The van der Waals surface area contributed by atoms with E-state index in [2.05, 4.69) is 19.7 Å². The number of ether oxygens (including phenoxy) is 1. The first kappa shape index (κ1) is 20.4. The van der Waals surface area contributed by atoms with E-state index in [9.17, 15) is 8.78 Å². The van der Waals surface area contributed by atoms with E-state index in [1.807, 2.05) is 19.1 Å². The van der Waals surface area contributed by atoms with Gasteiger partial charge in [-0.3, -0.25) is 0 Å². The molecule has 4 aromatic rings. The summed E-state index contributed by atoms with van der Waals surface area (Å²) in [4.78, 5) is 11.4. The zero-order valence-corrected chi connectivity index (χ0v) is 17.5. The summed E-state index contributed by atoms with van der Waals surface area (Å²) in [6.45, 7) is 2.02. The number of hydrogen-bond acceptors (Lipinski definition) is 5. The fourth-order valence-corrected chi connectivity index (χ4v) is 3.54. The van der Waals surface area contributed by atoms with Crippen LogP contribution in [0.3, 0.4) is 0 Å². The lowest BCUT2D eigenvalue weighted by molar-refractivity contribution is 0.412. The van der Waals surface area contributed by atoms with Crippen LogP contribution in [0.4, 0.5) is 14.5 Å². The van der Waals surface area contributed by atoms with E-state index in [0.717, 1.165) is 23.3 Å². The van der Waals surface area contributed by atoms with Crippen LogP contribution in [0.25, 0.3) is 22.2 Å². The standard InChI is InChI=1S/C21H17ClF2N4OS/c1-2-7-30-28-16-5-4-15(23)20(19(16)24)29-17-11-27-21-14(17)8-13(10-26-21)12-3-6-18(22)25-9-12/h3-6,8-11,28H,2,7H2,1H3,(H,26,27). The summed E-state index contributed by atoms with van der Waals surface area (Å²) < 4.78 is 37.7. The highest BCUT2D eigenvalue weighted by Gasteiger charge is 2.18. The first-order chi connectivity index (χ1) is 14.6. The van der Waals surface area contributed by atoms with E-state index in [-0.39, 0.29) is 11.4 Å². The van der Waals surface area contributed by atoms with Crippen LogP contribution in [0.15, 0.2) is 48.9 Å². The van der Waals surface area contributed by atoms with Crippen molar-refractivity contribution in [2.75, 3.05) is 10.5 Å². The average molecular weight is 447 g/mol. The zero-order chi connectivity index (χ0) is 21.1. The van der Waals surface area contributed by atoms with Gasteiger partial charge in [0.25, 0.3) is 0 Å². The second-order valence-electron chi connectivity index (χ2n) is 6.43. The fourth-order valence-electron chi connectivity index (χ4n) is 2.81. The number of benzene rings is 1. The van der Waals surface area contributed by atoms with E-state index >= 15 is 0 Å². The molecule has 0 unspecified atom stereocenters. The second kappa shape index (κ2) is 8.89. The molecule has 4 rings (SSSR count). The van der Waals surface area contributed by atoms with Gasteiger partial charge >= 0.3 is 0 Å². The molecule has 0 bridgehead atoms. The number of anilines is 1. The monoisotopic (exact) mass is 446 g/mol. The maximum absolute atomic E-state index is 14.8. The van der Waals surface area contributed by atoms with Gasteiger partial charge in [-0.2, -0.15) is 0 Å². The number of fused-ring (bicyclic) bond motifs is 1. The highest BCUT2D eigenvalue weighted by atomic mass is 35.5. The Hall–Kier alpha value is -2.84. The van der Waals surface area contributed by atoms with Gasteiger partial charge in [-0.15, -0.1) is 0 Å². The minimum atomic E-state index is -0.793. The first-order valence-electron chi connectivity index (χ1n) is 9.19. The van der Waals surface area contributed by atoms with Crippen LogP contribution < -0.4 is 9.46 Å². The number of hydrogen-bond donors (Lipinski definition) is 2. The Morgan fingerprint density at radius 3 is 2.73 bits per heavy atom. The topological polar surface area (TPSA) is 62.8 Å². The normalized spacial score (nSPS) is 11.1. The molecule has 0 atom stereocenters. The first-order valence-corrected chi connectivity index (χ1v) is 10.6. The Kier molecular flexibility index (Phi) is 6.06. The molecule has 0 spiro atoms. The van der Waals surface area contributed by atoms with Crippen molar-refractivity contribution in [2.24, 2.45) is 0 Å². The molecule has 0 aliphatic rings. The van der Waals surface area contributed by atoms with Crippen LogP contribution in [0.1, 0.15) is 13.3 Å². The lowest BCUT2D eigenvalue weighted by Gasteiger charge is -2.11. The summed E-state index contributed by atoms with van der Waals surface area (Å²) in [6, 6.07) is 7.82. The number of pyridine rings is 2. The summed E-state index contributed by atoms with van der Waals surface area (Å²) in [7, 11) is 0. The van der Waals surface area contributed by atoms with Crippen LogP contribution in [-0.2, 0) is 0 Å². The van der Waals surface area contributed by atoms with E-state index in [4.69, 9.17) is 16.3 Å². The zero-order valence-electron chi connectivity index (χ0n) is 15.9. The fraction of sp³-hybridized carbons (Fsp3) is 0.143. The van der Waals surface area contributed by atoms with E-state index in [1.165, 1.54) is 30.3 Å². The van der Waals surface area contributed by atoms with Gasteiger partial charge in [-0.25, -0.2) is 18.7 Å². The predicted molar refractivity (Wildman–Crippen MR) is 117 cm³/mol. The SMILES string of the molecule is CCCSNc1ccc(F)c(Oc2c[nH]c3ncc(-c4ccc(Cl)nc4)cc23)c1F. The van der Waals surface area contributed by atoms with E-state index < -0.39 is 17.4 Å². The Labute approximate surface area is 181 Å². The third-order valence-corrected chi connectivity index (χ3v) is 5.50. The lowest BCUT2D eigenvalue weighted by atomic mass is 10.1. The molecule has 1 aromatic carbocycles. The summed E-state index contributed by atoms with van der Waals surface area (Å²) in [5, 5.41) is 0.968. The minimum Gasteiger partial charge on any atom is -0.449 e. The quantitative estimate of drug-likeness (QED) is 0.185. The van der Waals surface area contributed by atoms with Crippen molar-refractivity contribution in [3.8, 4) is 22.6 Å². The molecule has 3 heterocycles. The molecule has 30 heavy (non-hydrogen) atoms. The van der Waals surface area contributed by atoms with Crippen molar-refractivity contribution in [2.45, 2.75) is 13.3 Å². The molecule has 0 radical (unpaired) electrons. The van der Waals surface area contributed by atoms with Crippen LogP contribution >= 0.6 is 23.5 Å². The molecule has 0 aliphatic heterocycles. The van der Waals surface area contributed by atoms with Crippen molar-refractivity contribution in [1.29, 1.82) is 0 Å². The Morgan fingerprint density at radius 2 is 1.97 bits per heavy atom. The molecule has 0 saturated carbocycles. The molecule has 0 fully saturated rings. The maximum Gasteiger partial charge on any atom is 0.200 e. The van der Waals surface area contributed by atoms with Crippen molar-refractivity contribution < 1.29 is 13.5 Å². The molecular formula is C21H17ClF2N4OS. The molecule has 0 saturated heterocycles. The molecule has 0 aliphatic carbocycles. The molecule has 154 valence electrons. The van der Waals surface area contributed by atoms with Gasteiger partial charge in [0, 0.05) is 35.5 Å². The summed E-state index contributed by atoms with van der Waals surface area (Å²) >= 11 is 7.19. The number of nitrogens with one attached hydrogen (secondary N) is 2. The maximum atomic E-state index is 14.8. The van der Waals surface area contributed by atoms with Gasteiger partial charge in [0.15, 0.2) is 17.4 Å². The molecular weight excluding hydrogens is 430 g/mol. The molecule has 0 amide bonds. The van der Waals surface area contributed by atoms with Crippen molar-refractivity contribution in [3.05, 3.63) is 65.7 Å². The average Bonchev–Trinajstić information content (AvgIpc) is 3.15. The van der Waals surface area contributed by atoms with Gasteiger partial charge in [0.2, 0.25) is 5.75 Å². The smallest absolute Gasteiger partial charge is 0.200 e. The van der Waals surface area contributed by atoms with Gasteiger partial charge in [0.05, 0.1) is 11.1 Å². The van der Waals surface area contributed by atoms with Crippen molar-refractivity contribution in [3.63, 3.8) is 0 Å². The summed E-state index contributed by atoms with van der Waals surface area (Å²) in [5.74, 6) is -1.00. The lowest BCUT2D eigenvalue weighted by Crippen LogP contribution is -1.98. The molecule has 5 nitrogen and oxygen atoms in total. The highest BCUT2D eigenvalue weighted by molar-refractivity contribution is 8.00. The number of nitrogens with zero attached hydrogens (tertiary/aromatic N) is 2. The predicted octanol–water partition coefficient (Wildman–Crippen LogP) is 6.82. The summed E-state index contributed by atoms with van der Waals surface area (Å²) in [5.41, 5.74) is 2.26. The second-order valence-corrected chi connectivity index (χ2v) is 7.72. The minimum absolute atomic E-state index is 0.163. The van der Waals surface area contributed by atoms with Gasteiger partial charge in [-0.1, -0.05) is 30.5 Å². The number of aromatic amines is 1. The van der Waals surface area contributed by atoms with Gasteiger partial charge < -0.3 is 14.4 Å². The number of halogens is 3. The number of rotatable bonds is 7. The number of aromatic nitrogens is 3.